The van der Waals surface area contributed by atoms with Crippen LogP contribution in [0.1, 0.15) is 50.6 Å². The molecule has 0 saturated carbocycles. The minimum absolute atomic E-state index is 0.000817. The van der Waals surface area contributed by atoms with Crippen LogP contribution in [-0.4, -0.2) is 47.0 Å². The smallest absolute Gasteiger partial charge is 0.253 e. The van der Waals surface area contributed by atoms with E-state index in [1.54, 1.807) is 17.0 Å². The van der Waals surface area contributed by atoms with Crippen molar-refractivity contribution in [2.24, 2.45) is 5.92 Å². The van der Waals surface area contributed by atoms with E-state index in [4.69, 9.17) is 0 Å². The number of rotatable bonds is 3. The second kappa shape index (κ2) is 7.76. The highest BCUT2D eigenvalue weighted by molar-refractivity contribution is 7.90. The van der Waals surface area contributed by atoms with Crippen molar-refractivity contribution in [2.75, 3.05) is 23.7 Å². The topological polar surface area (TPSA) is 98.0 Å². The quantitative estimate of drug-likeness (QED) is 0.730. The first-order chi connectivity index (χ1) is 14.1. The first kappa shape index (κ1) is 21.0. The number of nitrogens with zero attached hydrogens (tertiary/aromatic N) is 5. The molecule has 1 fully saturated rings. The van der Waals surface area contributed by atoms with Gasteiger partial charge in [-0.15, -0.1) is 5.10 Å². The highest BCUT2D eigenvalue weighted by Gasteiger charge is 2.26. The Morgan fingerprint density at radius 1 is 1.13 bits per heavy atom. The molecule has 4 rings (SSSR count). The van der Waals surface area contributed by atoms with Crippen LogP contribution in [0, 0.1) is 5.92 Å². The molecule has 2 aliphatic rings. The predicted octanol–water partition coefficient (Wildman–Crippen LogP) is 1.72. The average Bonchev–Trinajstić information content (AvgIpc) is 2.68. The first-order valence-corrected chi connectivity index (χ1v) is 12.3. The van der Waals surface area contributed by atoms with Crippen LogP contribution in [0.3, 0.4) is 0 Å². The third-order valence-electron chi connectivity index (χ3n) is 6.01. The van der Waals surface area contributed by atoms with Crippen LogP contribution in [0.5, 0.6) is 0 Å². The molecule has 2 aromatic rings. The van der Waals surface area contributed by atoms with Crippen LogP contribution in [0.15, 0.2) is 23.3 Å². The summed E-state index contributed by atoms with van der Waals surface area (Å²) < 4.78 is 25.6. The molecule has 0 spiro atoms. The van der Waals surface area contributed by atoms with Gasteiger partial charge in [0.2, 0.25) is 0 Å². The van der Waals surface area contributed by atoms with Gasteiger partial charge in [-0.25, -0.2) is 13.4 Å². The average molecular weight is 432 g/mol. The van der Waals surface area contributed by atoms with Crippen molar-refractivity contribution < 1.29 is 8.42 Å². The third kappa shape index (κ3) is 4.55. The second-order valence-corrected chi connectivity index (χ2v) is 11.6. The molecule has 0 bridgehead atoms. The number of sulfone groups is 1. The zero-order chi connectivity index (χ0) is 21.5. The van der Waals surface area contributed by atoms with E-state index in [0.29, 0.717) is 18.9 Å². The van der Waals surface area contributed by atoms with Gasteiger partial charge >= 0.3 is 0 Å². The Kier molecular flexibility index (Phi) is 5.42. The van der Waals surface area contributed by atoms with Gasteiger partial charge in [-0.2, -0.15) is 5.10 Å². The van der Waals surface area contributed by atoms with Crippen LogP contribution in [0.25, 0.3) is 0 Å². The Balaban J connectivity index is 1.40. The van der Waals surface area contributed by atoms with Crippen molar-refractivity contribution in [1.82, 2.24) is 19.7 Å². The summed E-state index contributed by atoms with van der Waals surface area (Å²) in [5.41, 5.74) is 2.25. The first-order valence-electron chi connectivity index (χ1n) is 10.5. The van der Waals surface area contributed by atoms with Gasteiger partial charge < -0.3 is 4.90 Å². The molecule has 0 aliphatic carbocycles. The van der Waals surface area contributed by atoms with Crippen molar-refractivity contribution in [1.29, 1.82) is 0 Å². The molecule has 162 valence electrons. The van der Waals surface area contributed by atoms with Gasteiger partial charge in [0.1, 0.15) is 0 Å². The number of hydrogen-bond acceptors (Lipinski definition) is 7. The molecule has 0 atom stereocenters. The summed E-state index contributed by atoms with van der Waals surface area (Å²) in [5, 5.41) is 8.61. The maximum absolute atomic E-state index is 12.5. The normalized spacial score (nSPS) is 19.5. The lowest BCUT2D eigenvalue weighted by atomic mass is 9.92. The molecule has 30 heavy (non-hydrogen) atoms. The number of anilines is 1. The lowest BCUT2D eigenvalue weighted by Gasteiger charge is -2.33. The lowest BCUT2D eigenvalue weighted by molar-refractivity contribution is 0.348. The summed E-state index contributed by atoms with van der Waals surface area (Å²) in [4.78, 5) is 19.1. The molecular formula is C21H29N5O3S. The number of aromatic nitrogens is 4. The number of fused-ring (bicyclic) bond motifs is 1. The van der Waals surface area contributed by atoms with E-state index in [9.17, 15) is 13.2 Å². The Hall–Kier alpha value is -2.29. The summed E-state index contributed by atoms with van der Waals surface area (Å²) in [6, 6.07) is 3.53. The van der Waals surface area contributed by atoms with E-state index in [1.807, 2.05) is 26.8 Å². The van der Waals surface area contributed by atoms with Crippen LogP contribution < -0.4 is 10.5 Å². The monoisotopic (exact) mass is 431 g/mol. The van der Waals surface area contributed by atoms with Gasteiger partial charge in [0.25, 0.3) is 5.56 Å². The summed E-state index contributed by atoms with van der Waals surface area (Å²) in [6.07, 6.45) is 3.99. The van der Waals surface area contributed by atoms with Crippen LogP contribution in [-0.2, 0) is 34.0 Å². The van der Waals surface area contributed by atoms with E-state index in [0.717, 1.165) is 48.7 Å². The summed E-state index contributed by atoms with van der Waals surface area (Å²) in [5.74, 6) is 1.36. The number of hydrogen-bond donors (Lipinski definition) is 0. The van der Waals surface area contributed by atoms with E-state index in [1.165, 1.54) is 0 Å². The lowest BCUT2D eigenvalue weighted by Crippen LogP contribution is -2.37. The third-order valence-corrected chi connectivity index (χ3v) is 7.59. The molecule has 4 heterocycles. The predicted molar refractivity (Wildman–Crippen MR) is 115 cm³/mol. The standard InChI is InChI=1S/C21H29N5O3S/c1-21(2,3)18-11-20(27)26(14-22-18)12-15-4-7-25(8-5-15)19-10-16-13-30(28,29)9-6-17(16)23-24-19/h10-11,14-15H,4-9,12-13H2,1-3H3. The summed E-state index contributed by atoms with van der Waals surface area (Å²) in [6.45, 7) is 8.44. The molecule has 0 amide bonds. The fraction of sp³-hybridized carbons (Fsp3) is 0.619. The Bertz CT molecular complexity index is 1100. The highest BCUT2D eigenvalue weighted by atomic mass is 32.2. The van der Waals surface area contributed by atoms with Crippen molar-refractivity contribution in [3.63, 3.8) is 0 Å². The molecule has 9 heteroatoms. The van der Waals surface area contributed by atoms with Crippen LogP contribution in [0.2, 0.25) is 0 Å². The molecule has 8 nitrogen and oxygen atoms in total. The zero-order valence-corrected chi connectivity index (χ0v) is 18.7. The van der Waals surface area contributed by atoms with Gasteiger partial charge in [-0.05, 0) is 30.4 Å². The molecule has 0 radical (unpaired) electrons. The van der Waals surface area contributed by atoms with Crippen molar-refractivity contribution in [3.8, 4) is 0 Å². The van der Waals surface area contributed by atoms with Gasteiger partial charge in [0.05, 0.1) is 29.2 Å². The molecule has 0 unspecified atom stereocenters. The molecule has 0 aromatic carbocycles. The fourth-order valence-electron chi connectivity index (χ4n) is 4.09. The Labute approximate surface area is 177 Å². The van der Waals surface area contributed by atoms with Crippen molar-refractivity contribution in [2.45, 2.75) is 57.7 Å². The van der Waals surface area contributed by atoms with Gasteiger partial charge in [-0.1, -0.05) is 20.8 Å². The highest BCUT2D eigenvalue weighted by Crippen LogP contribution is 2.26. The zero-order valence-electron chi connectivity index (χ0n) is 17.8. The molecular weight excluding hydrogens is 402 g/mol. The SMILES string of the molecule is CC(C)(C)c1cc(=O)n(CC2CCN(c3cc4c(nn3)CCS(=O)(=O)C4)CC2)cn1. The van der Waals surface area contributed by atoms with Crippen LogP contribution >= 0.6 is 0 Å². The van der Waals surface area contributed by atoms with E-state index >= 15 is 0 Å². The molecule has 2 aliphatic heterocycles. The largest absolute Gasteiger partial charge is 0.355 e. The summed E-state index contributed by atoms with van der Waals surface area (Å²) >= 11 is 0. The second-order valence-electron chi connectivity index (χ2n) is 9.46. The van der Waals surface area contributed by atoms with Crippen molar-refractivity contribution in [3.05, 3.63) is 45.8 Å². The van der Waals surface area contributed by atoms with Crippen molar-refractivity contribution >= 4 is 15.7 Å². The minimum Gasteiger partial charge on any atom is -0.355 e. The number of piperidine rings is 1. The summed E-state index contributed by atoms with van der Waals surface area (Å²) in [7, 11) is -3.03. The maximum atomic E-state index is 12.5. The number of aryl methyl sites for hydroxylation is 1. The molecule has 2 aromatic heterocycles. The molecule has 0 N–H and O–H groups in total. The Morgan fingerprint density at radius 3 is 2.53 bits per heavy atom. The fourth-order valence-corrected chi connectivity index (χ4v) is 5.46. The van der Waals surface area contributed by atoms with Crippen LogP contribution in [0.4, 0.5) is 5.82 Å². The van der Waals surface area contributed by atoms with Gasteiger partial charge in [-0.3, -0.25) is 9.36 Å². The molecule has 1 saturated heterocycles. The van der Waals surface area contributed by atoms with E-state index in [-0.39, 0.29) is 22.5 Å². The Morgan fingerprint density at radius 2 is 1.87 bits per heavy atom. The van der Waals surface area contributed by atoms with E-state index < -0.39 is 9.84 Å². The maximum Gasteiger partial charge on any atom is 0.253 e. The minimum atomic E-state index is -3.03. The van der Waals surface area contributed by atoms with Gasteiger partial charge in [0, 0.05) is 37.5 Å². The van der Waals surface area contributed by atoms with Gasteiger partial charge in [0.15, 0.2) is 15.7 Å². The van der Waals surface area contributed by atoms with E-state index in [2.05, 4.69) is 20.1 Å².